The molecule has 0 bridgehead atoms. The van der Waals surface area contributed by atoms with Crippen molar-refractivity contribution in [3.05, 3.63) is 48.6 Å². The molecule has 0 rings (SSSR count). The maximum atomic E-state index is 12.8. The molecule has 0 aromatic carbocycles. The Morgan fingerprint density at radius 1 is 0.317 bits per heavy atom. The number of unbranched alkanes of at least 4 members (excludes halogenated alkanes) is 30. The summed E-state index contributed by atoms with van der Waals surface area (Å²) < 4.78 is 16.8. The van der Waals surface area contributed by atoms with Crippen molar-refractivity contribution in [1.82, 2.24) is 0 Å². The molecule has 0 amide bonds. The summed E-state index contributed by atoms with van der Waals surface area (Å²) >= 11 is 0. The van der Waals surface area contributed by atoms with Gasteiger partial charge in [0, 0.05) is 19.3 Å². The number of esters is 3. The van der Waals surface area contributed by atoms with Crippen LogP contribution in [0.4, 0.5) is 0 Å². The van der Waals surface area contributed by atoms with Crippen LogP contribution in [0.2, 0.25) is 0 Å². The summed E-state index contributed by atoms with van der Waals surface area (Å²) in [6.45, 7) is 6.58. The van der Waals surface area contributed by atoms with E-state index in [1.165, 1.54) is 167 Å². The van der Waals surface area contributed by atoms with Gasteiger partial charge < -0.3 is 14.2 Å². The number of carbonyl (C=O) groups excluding carboxylic acids is 3. The maximum Gasteiger partial charge on any atom is 0.306 e. The number of hydrogen-bond donors (Lipinski definition) is 0. The van der Waals surface area contributed by atoms with Gasteiger partial charge in [0.25, 0.3) is 0 Å². The van der Waals surface area contributed by atoms with Crippen molar-refractivity contribution in [3.63, 3.8) is 0 Å². The van der Waals surface area contributed by atoms with Crippen LogP contribution in [0, 0.1) is 0 Å². The minimum atomic E-state index is -0.788. The fourth-order valence-electron chi connectivity index (χ4n) is 7.68. The Kier molecular flexibility index (Phi) is 49.8. The van der Waals surface area contributed by atoms with Gasteiger partial charge in [0.05, 0.1) is 0 Å². The first-order valence-electron chi connectivity index (χ1n) is 27.1. The molecule has 0 aromatic heterocycles. The summed E-state index contributed by atoms with van der Waals surface area (Å²) in [5.74, 6) is -0.918. The van der Waals surface area contributed by atoms with Gasteiger partial charge in [-0.1, -0.05) is 223 Å². The second-order valence-corrected chi connectivity index (χ2v) is 18.1. The lowest BCUT2D eigenvalue weighted by atomic mass is 10.0. The highest BCUT2D eigenvalue weighted by molar-refractivity contribution is 5.71. The van der Waals surface area contributed by atoms with E-state index in [1.807, 2.05) is 0 Å². The van der Waals surface area contributed by atoms with E-state index in [-0.39, 0.29) is 31.1 Å². The van der Waals surface area contributed by atoms with Crippen molar-refractivity contribution in [1.29, 1.82) is 0 Å². The molecular weight excluding hydrogens is 781 g/mol. The van der Waals surface area contributed by atoms with Crippen LogP contribution in [-0.2, 0) is 28.6 Å². The predicted octanol–water partition coefficient (Wildman–Crippen LogP) is 17.9. The molecule has 0 aliphatic heterocycles. The minimum absolute atomic E-state index is 0.0842. The highest BCUT2D eigenvalue weighted by Gasteiger charge is 2.19. The largest absolute Gasteiger partial charge is 0.462 e. The summed E-state index contributed by atoms with van der Waals surface area (Å²) in [6, 6.07) is 0. The van der Waals surface area contributed by atoms with E-state index in [0.29, 0.717) is 19.3 Å². The normalized spacial score (nSPS) is 12.4. The van der Waals surface area contributed by atoms with E-state index in [4.69, 9.17) is 14.2 Å². The van der Waals surface area contributed by atoms with Crippen LogP contribution in [0.5, 0.6) is 0 Å². The van der Waals surface area contributed by atoms with Crippen molar-refractivity contribution in [2.75, 3.05) is 13.2 Å². The average molecular weight is 883 g/mol. The summed E-state index contributed by atoms with van der Waals surface area (Å²) in [6.07, 6.45) is 62.3. The fourth-order valence-corrected chi connectivity index (χ4v) is 7.68. The van der Waals surface area contributed by atoms with Gasteiger partial charge in [0.1, 0.15) is 13.2 Å². The number of hydrogen-bond acceptors (Lipinski definition) is 6. The highest BCUT2D eigenvalue weighted by atomic mass is 16.6. The van der Waals surface area contributed by atoms with Crippen molar-refractivity contribution in [2.24, 2.45) is 0 Å². The molecule has 0 saturated heterocycles. The van der Waals surface area contributed by atoms with Gasteiger partial charge in [-0.25, -0.2) is 0 Å². The molecule has 0 saturated carbocycles. The van der Waals surface area contributed by atoms with Gasteiger partial charge in [-0.05, 0) is 83.5 Å². The molecule has 0 fully saturated rings. The zero-order chi connectivity index (χ0) is 45.8. The van der Waals surface area contributed by atoms with Crippen molar-refractivity contribution in [3.8, 4) is 0 Å². The smallest absolute Gasteiger partial charge is 0.306 e. The SMILES string of the molecule is CCCCC/C=C\C/C=C\C/C=C\CCCCC(=O)OC[C@H](COC(=O)CCCCCCCCCCCCCCCCC)OC(=O)CCCCCCCCC/C=C\CCCCCC. The third-order valence-electron chi connectivity index (χ3n) is 11.8. The van der Waals surface area contributed by atoms with Gasteiger partial charge in [0.2, 0.25) is 0 Å². The molecule has 6 nitrogen and oxygen atoms in total. The second-order valence-electron chi connectivity index (χ2n) is 18.1. The Balaban J connectivity index is 4.42. The third-order valence-corrected chi connectivity index (χ3v) is 11.8. The molecular formula is C57H102O6. The number of ether oxygens (including phenoxy) is 3. The van der Waals surface area contributed by atoms with Gasteiger partial charge in [0.15, 0.2) is 6.10 Å². The summed E-state index contributed by atoms with van der Waals surface area (Å²) in [5, 5.41) is 0. The van der Waals surface area contributed by atoms with Crippen LogP contribution < -0.4 is 0 Å². The van der Waals surface area contributed by atoms with Crippen LogP contribution in [0.25, 0.3) is 0 Å². The zero-order valence-electron chi connectivity index (χ0n) is 41.8. The van der Waals surface area contributed by atoms with Gasteiger partial charge in [-0.15, -0.1) is 0 Å². The van der Waals surface area contributed by atoms with Gasteiger partial charge in [-0.3, -0.25) is 14.4 Å². The lowest BCUT2D eigenvalue weighted by Crippen LogP contribution is -2.30. The van der Waals surface area contributed by atoms with E-state index < -0.39 is 6.10 Å². The first kappa shape index (κ1) is 60.4. The first-order valence-corrected chi connectivity index (χ1v) is 27.1. The lowest BCUT2D eigenvalue weighted by Gasteiger charge is -2.18. The number of allylic oxidation sites excluding steroid dienone is 8. The lowest BCUT2D eigenvalue weighted by molar-refractivity contribution is -0.167. The van der Waals surface area contributed by atoms with Crippen molar-refractivity contribution < 1.29 is 28.6 Å². The van der Waals surface area contributed by atoms with Crippen LogP contribution >= 0.6 is 0 Å². The van der Waals surface area contributed by atoms with E-state index in [2.05, 4.69) is 69.4 Å². The van der Waals surface area contributed by atoms with Gasteiger partial charge in [-0.2, -0.15) is 0 Å². The molecule has 1 atom stereocenters. The molecule has 0 radical (unpaired) electrons. The molecule has 6 heteroatoms. The maximum absolute atomic E-state index is 12.8. The van der Waals surface area contributed by atoms with E-state index in [0.717, 1.165) is 70.6 Å². The summed E-state index contributed by atoms with van der Waals surface area (Å²) in [4.78, 5) is 38.0. The Labute approximate surface area is 390 Å². The minimum Gasteiger partial charge on any atom is -0.462 e. The summed E-state index contributed by atoms with van der Waals surface area (Å²) in [5.41, 5.74) is 0. The van der Waals surface area contributed by atoms with Crippen LogP contribution in [0.1, 0.15) is 278 Å². The Morgan fingerprint density at radius 2 is 0.571 bits per heavy atom. The molecule has 366 valence electrons. The standard InChI is InChI=1S/C57H102O6/c1-4-7-10-13-16-19-22-25-28-31-34-37-40-43-46-49-55(58)61-52-54(63-57(60)51-48-45-42-39-36-33-30-27-24-21-18-15-12-9-6-3)53-62-56(59)50-47-44-41-38-35-32-29-26-23-20-17-14-11-8-5-2/h16,19,21,24-25,28,34,37,54H,4-15,17-18,20,22-23,26-27,29-33,35-36,38-53H2,1-3H3/b19-16-,24-21-,28-25-,37-34-/t54-/m1/s1. The predicted molar refractivity (Wildman–Crippen MR) is 270 cm³/mol. The van der Waals surface area contributed by atoms with E-state index in [9.17, 15) is 14.4 Å². The second kappa shape index (κ2) is 52.0. The van der Waals surface area contributed by atoms with E-state index >= 15 is 0 Å². The average Bonchev–Trinajstić information content (AvgIpc) is 3.28. The highest BCUT2D eigenvalue weighted by Crippen LogP contribution is 2.15. The molecule has 0 aliphatic carbocycles. The van der Waals surface area contributed by atoms with Crippen molar-refractivity contribution >= 4 is 17.9 Å². The fraction of sp³-hybridized carbons (Fsp3) is 0.807. The molecule has 0 unspecified atom stereocenters. The molecule has 63 heavy (non-hydrogen) atoms. The molecule has 0 heterocycles. The quantitative estimate of drug-likeness (QED) is 0.0262. The first-order chi connectivity index (χ1) is 31.0. The Bertz CT molecular complexity index is 1110. The van der Waals surface area contributed by atoms with E-state index in [1.54, 1.807) is 0 Å². The van der Waals surface area contributed by atoms with Crippen LogP contribution in [0.3, 0.4) is 0 Å². The molecule has 0 spiro atoms. The third kappa shape index (κ3) is 50.2. The number of carbonyl (C=O) groups is 3. The topological polar surface area (TPSA) is 78.9 Å². The van der Waals surface area contributed by atoms with Crippen LogP contribution in [-0.4, -0.2) is 37.2 Å². The number of rotatable bonds is 49. The molecule has 0 N–H and O–H groups in total. The molecule has 0 aliphatic rings. The summed E-state index contributed by atoms with van der Waals surface area (Å²) in [7, 11) is 0. The van der Waals surface area contributed by atoms with Gasteiger partial charge >= 0.3 is 17.9 Å². The van der Waals surface area contributed by atoms with Crippen LogP contribution in [0.15, 0.2) is 48.6 Å². The van der Waals surface area contributed by atoms with Crippen molar-refractivity contribution in [2.45, 2.75) is 284 Å². The molecule has 0 aromatic rings. The monoisotopic (exact) mass is 883 g/mol. The Morgan fingerprint density at radius 3 is 0.984 bits per heavy atom. The zero-order valence-corrected chi connectivity index (χ0v) is 41.8. The Hall–Kier alpha value is -2.63.